The van der Waals surface area contributed by atoms with E-state index in [0.717, 1.165) is 6.07 Å². The third-order valence-corrected chi connectivity index (χ3v) is 5.04. The van der Waals surface area contributed by atoms with E-state index in [0.29, 0.717) is 13.1 Å². The number of hydrogen-bond donors (Lipinski definition) is 1. The normalized spacial score (nSPS) is 17.1. The summed E-state index contributed by atoms with van der Waals surface area (Å²) >= 11 is 0. The van der Waals surface area contributed by atoms with Crippen LogP contribution < -0.4 is 5.32 Å². The second kappa shape index (κ2) is 5.88. The fraction of sp³-hybridized carbons (Fsp3) is 0.462. The van der Waals surface area contributed by atoms with Gasteiger partial charge in [0.05, 0.1) is 4.90 Å². The molecule has 0 aromatic heterocycles. The van der Waals surface area contributed by atoms with Gasteiger partial charge < -0.3 is 5.32 Å². The third kappa shape index (κ3) is 3.77. The second-order valence-corrected chi connectivity index (χ2v) is 7.19. The molecule has 0 bridgehead atoms. The number of amides is 1. The number of nitrogens with zero attached hydrogens (tertiary/aromatic N) is 1. The van der Waals surface area contributed by atoms with Crippen LogP contribution in [0.15, 0.2) is 29.2 Å². The molecule has 0 spiro atoms. The Balaban J connectivity index is 2.15. The van der Waals surface area contributed by atoms with Gasteiger partial charge in [-0.1, -0.05) is 13.0 Å². The molecule has 1 aliphatic heterocycles. The van der Waals surface area contributed by atoms with Gasteiger partial charge in [-0.25, -0.2) is 8.42 Å². The monoisotopic (exact) mass is 336 g/mol. The predicted octanol–water partition coefficient (Wildman–Crippen LogP) is 1.62. The van der Waals surface area contributed by atoms with E-state index in [2.05, 4.69) is 0 Å². The molecule has 0 radical (unpaired) electrons. The largest absolute Gasteiger partial charge is 0.405 e. The van der Waals surface area contributed by atoms with Crippen molar-refractivity contribution in [2.75, 3.05) is 19.6 Å². The number of benzene rings is 1. The van der Waals surface area contributed by atoms with Crippen LogP contribution in [0.2, 0.25) is 0 Å². The first-order valence-electron chi connectivity index (χ1n) is 6.55. The summed E-state index contributed by atoms with van der Waals surface area (Å²) in [6, 6.07) is 5.00. The van der Waals surface area contributed by atoms with Gasteiger partial charge in [-0.2, -0.15) is 17.5 Å². The highest BCUT2D eigenvalue weighted by molar-refractivity contribution is 7.89. The summed E-state index contributed by atoms with van der Waals surface area (Å²) in [6.07, 6.45) is -4.52. The van der Waals surface area contributed by atoms with Gasteiger partial charge in [0.1, 0.15) is 6.54 Å². The zero-order valence-corrected chi connectivity index (χ0v) is 12.5. The molecule has 0 saturated carbocycles. The molecular formula is C13H15F3N2O3S. The summed E-state index contributed by atoms with van der Waals surface area (Å²) in [5.41, 5.74) is -0.126. The Morgan fingerprint density at radius 1 is 1.36 bits per heavy atom. The number of halogens is 3. The van der Waals surface area contributed by atoms with E-state index in [1.165, 1.54) is 22.5 Å². The van der Waals surface area contributed by atoms with Crippen molar-refractivity contribution in [3.05, 3.63) is 29.8 Å². The smallest absolute Gasteiger partial charge is 0.343 e. The number of rotatable bonds is 4. The summed E-state index contributed by atoms with van der Waals surface area (Å²) in [6.45, 7) is 1.24. The third-order valence-electron chi connectivity index (χ3n) is 3.21. The van der Waals surface area contributed by atoms with Crippen molar-refractivity contribution in [3.8, 4) is 0 Å². The van der Waals surface area contributed by atoms with Gasteiger partial charge in [0.2, 0.25) is 10.0 Å². The Labute approximate surface area is 126 Å². The molecule has 0 atom stereocenters. The molecule has 1 aromatic carbocycles. The van der Waals surface area contributed by atoms with Gasteiger partial charge in [-0.15, -0.1) is 0 Å². The lowest BCUT2D eigenvalue weighted by Gasteiger charge is -2.35. The molecule has 122 valence electrons. The molecule has 1 amide bonds. The van der Waals surface area contributed by atoms with Crippen molar-refractivity contribution < 1.29 is 26.4 Å². The lowest BCUT2D eigenvalue weighted by atomic mass is 10.1. The molecule has 0 unspecified atom stereocenters. The van der Waals surface area contributed by atoms with Crippen molar-refractivity contribution in [2.45, 2.75) is 18.0 Å². The molecule has 1 saturated heterocycles. The molecule has 22 heavy (non-hydrogen) atoms. The van der Waals surface area contributed by atoms with E-state index in [1.54, 1.807) is 5.32 Å². The number of carbonyl (C=O) groups is 1. The van der Waals surface area contributed by atoms with Gasteiger partial charge >= 0.3 is 6.18 Å². The van der Waals surface area contributed by atoms with Crippen molar-refractivity contribution >= 4 is 15.9 Å². The van der Waals surface area contributed by atoms with E-state index >= 15 is 0 Å². The molecule has 1 aliphatic rings. The zero-order valence-electron chi connectivity index (χ0n) is 11.7. The molecule has 1 N–H and O–H groups in total. The molecule has 5 nitrogen and oxygen atoms in total. The minimum absolute atomic E-state index is 0.0981. The lowest BCUT2D eigenvalue weighted by Crippen LogP contribution is -2.48. The van der Waals surface area contributed by atoms with Gasteiger partial charge in [-0.3, -0.25) is 4.79 Å². The average molecular weight is 336 g/mol. The Morgan fingerprint density at radius 3 is 2.55 bits per heavy atom. The van der Waals surface area contributed by atoms with Crippen molar-refractivity contribution in [2.24, 2.45) is 5.92 Å². The summed E-state index contributed by atoms with van der Waals surface area (Å²) in [5, 5.41) is 1.71. The molecule has 9 heteroatoms. The molecule has 2 rings (SSSR count). The highest BCUT2D eigenvalue weighted by Gasteiger charge is 2.34. The van der Waals surface area contributed by atoms with Crippen LogP contribution in [-0.4, -0.2) is 44.4 Å². The fourth-order valence-corrected chi connectivity index (χ4v) is 3.79. The highest BCUT2D eigenvalue weighted by atomic mass is 32.2. The summed E-state index contributed by atoms with van der Waals surface area (Å²) in [5.74, 6) is -0.695. The number of carbonyl (C=O) groups excluding carboxylic acids is 1. The molecule has 1 aromatic rings. The summed E-state index contributed by atoms with van der Waals surface area (Å²) in [7, 11) is -3.70. The first kappa shape index (κ1) is 16.8. The van der Waals surface area contributed by atoms with Crippen LogP contribution >= 0.6 is 0 Å². The Bertz CT molecular complexity index is 667. The molecule has 1 heterocycles. The van der Waals surface area contributed by atoms with Crippen LogP contribution in [0.25, 0.3) is 0 Å². The van der Waals surface area contributed by atoms with Gasteiger partial charge in [0, 0.05) is 18.7 Å². The maximum absolute atomic E-state index is 12.3. The van der Waals surface area contributed by atoms with Crippen molar-refractivity contribution in [1.29, 1.82) is 0 Å². The van der Waals surface area contributed by atoms with Crippen LogP contribution in [0.1, 0.15) is 17.3 Å². The van der Waals surface area contributed by atoms with E-state index in [4.69, 9.17) is 0 Å². The Kier molecular flexibility index (Phi) is 4.48. The van der Waals surface area contributed by atoms with Crippen LogP contribution in [0.4, 0.5) is 13.2 Å². The van der Waals surface area contributed by atoms with Gasteiger partial charge in [0.15, 0.2) is 0 Å². The number of sulfonamides is 1. The number of alkyl halides is 3. The first-order chi connectivity index (χ1) is 10.1. The maximum atomic E-state index is 12.3. The number of hydrogen-bond acceptors (Lipinski definition) is 3. The second-order valence-electron chi connectivity index (χ2n) is 5.25. The first-order valence-corrected chi connectivity index (χ1v) is 7.99. The van der Waals surface area contributed by atoms with Crippen LogP contribution in [0.3, 0.4) is 0 Å². The minimum atomic E-state index is -4.52. The number of nitrogens with one attached hydrogen (secondary N) is 1. The quantitative estimate of drug-likeness (QED) is 0.909. The van der Waals surface area contributed by atoms with E-state index < -0.39 is 28.7 Å². The van der Waals surface area contributed by atoms with Crippen LogP contribution in [0, 0.1) is 5.92 Å². The van der Waals surface area contributed by atoms with Gasteiger partial charge in [-0.05, 0) is 24.1 Å². The lowest BCUT2D eigenvalue weighted by molar-refractivity contribution is -0.123. The van der Waals surface area contributed by atoms with Gasteiger partial charge in [0.25, 0.3) is 5.91 Å². The van der Waals surface area contributed by atoms with E-state index in [-0.39, 0.29) is 16.4 Å². The topological polar surface area (TPSA) is 66.5 Å². The summed E-state index contributed by atoms with van der Waals surface area (Å²) in [4.78, 5) is 11.6. The average Bonchev–Trinajstić information content (AvgIpc) is 2.40. The minimum Gasteiger partial charge on any atom is -0.343 e. The molecular weight excluding hydrogens is 321 g/mol. The molecule has 1 fully saturated rings. The predicted molar refractivity (Wildman–Crippen MR) is 72.8 cm³/mol. The summed E-state index contributed by atoms with van der Waals surface area (Å²) < 4.78 is 62.0. The SMILES string of the molecule is CC1CN(S(=O)(=O)c2cccc(C(=O)NCC(F)(F)F)c2)C1. The van der Waals surface area contributed by atoms with Crippen LogP contribution in [0.5, 0.6) is 0 Å². The maximum Gasteiger partial charge on any atom is 0.405 e. The molecule has 0 aliphatic carbocycles. The van der Waals surface area contributed by atoms with Crippen molar-refractivity contribution in [1.82, 2.24) is 9.62 Å². The Morgan fingerprint density at radius 2 is 2.00 bits per heavy atom. The van der Waals surface area contributed by atoms with Crippen LogP contribution in [-0.2, 0) is 10.0 Å². The zero-order chi connectivity index (χ0) is 16.5. The highest BCUT2D eigenvalue weighted by Crippen LogP contribution is 2.25. The fourth-order valence-electron chi connectivity index (χ4n) is 2.07. The van der Waals surface area contributed by atoms with Crippen molar-refractivity contribution in [3.63, 3.8) is 0 Å². The van der Waals surface area contributed by atoms with E-state index in [9.17, 15) is 26.4 Å². The Hall–Kier alpha value is -1.61. The van der Waals surface area contributed by atoms with E-state index in [1.807, 2.05) is 6.92 Å². The standard InChI is InChI=1S/C13H15F3N2O3S/c1-9-6-18(7-9)22(20,21)11-4-2-3-10(5-11)12(19)17-8-13(14,15)16/h2-5,9H,6-8H2,1H3,(H,17,19).